The van der Waals surface area contributed by atoms with Crippen LogP contribution in [0.2, 0.25) is 0 Å². The van der Waals surface area contributed by atoms with Gasteiger partial charge in [-0.2, -0.15) is 5.10 Å². The monoisotopic (exact) mass is 253 g/mol. The smallest absolute Gasteiger partial charge is 0.0772 e. The molecule has 0 fully saturated rings. The molecular formula is C14H27N3O. The zero-order chi connectivity index (χ0) is 13.8. The topological polar surface area (TPSA) is 39.1 Å². The number of rotatable bonds is 6. The van der Waals surface area contributed by atoms with Crippen molar-refractivity contribution in [3.05, 3.63) is 18.0 Å². The van der Waals surface area contributed by atoms with Gasteiger partial charge in [-0.05, 0) is 31.4 Å². The third kappa shape index (κ3) is 3.82. The molecule has 0 aliphatic carbocycles. The van der Waals surface area contributed by atoms with E-state index in [9.17, 15) is 0 Å². The predicted octanol–water partition coefficient (Wildman–Crippen LogP) is 2.00. The molecule has 1 aromatic heterocycles. The molecule has 1 heterocycles. The second-order valence-corrected chi connectivity index (χ2v) is 5.90. The minimum atomic E-state index is 0.134. The van der Waals surface area contributed by atoms with Crippen LogP contribution in [0, 0.1) is 5.41 Å². The highest BCUT2D eigenvalue weighted by molar-refractivity contribution is 5.01. The molecule has 18 heavy (non-hydrogen) atoms. The summed E-state index contributed by atoms with van der Waals surface area (Å²) in [4.78, 5) is 0. The van der Waals surface area contributed by atoms with Crippen molar-refractivity contribution in [1.82, 2.24) is 15.1 Å². The van der Waals surface area contributed by atoms with Crippen LogP contribution in [-0.2, 0) is 18.2 Å². The molecular weight excluding hydrogens is 226 g/mol. The zero-order valence-corrected chi connectivity index (χ0v) is 12.5. The molecule has 4 nitrogen and oxygen atoms in total. The average molecular weight is 253 g/mol. The highest BCUT2D eigenvalue weighted by Gasteiger charge is 2.31. The van der Waals surface area contributed by atoms with Gasteiger partial charge in [0.05, 0.1) is 6.10 Å². The van der Waals surface area contributed by atoms with Crippen LogP contribution in [-0.4, -0.2) is 36.1 Å². The predicted molar refractivity (Wildman–Crippen MR) is 74.6 cm³/mol. The Labute approximate surface area is 111 Å². The fraction of sp³-hybridized carbons (Fsp3) is 0.786. The van der Waals surface area contributed by atoms with E-state index in [0.29, 0.717) is 6.04 Å². The van der Waals surface area contributed by atoms with E-state index in [4.69, 9.17) is 4.74 Å². The highest BCUT2D eigenvalue weighted by Crippen LogP contribution is 2.26. The van der Waals surface area contributed by atoms with E-state index < -0.39 is 0 Å². The number of hydrogen-bond acceptors (Lipinski definition) is 3. The summed E-state index contributed by atoms with van der Waals surface area (Å²) in [7, 11) is 5.79. The molecule has 1 rings (SSSR count). The number of hydrogen-bond donors (Lipinski definition) is 1. The second-order valence-electron chi connectivity index (χ2n) is 5.90. The molecule has 4 heteroatoms. The van der Waals surface area contributed by atoms with Crippen LogP contribution in [0.15, 0.2) is 12.3 Å². The van der Waals surface area contributed by atoms with E-state index in [1.165, 1.54) is 5.69 Å². The Morgan fingerprint density at radius 2 is 2.11 bits per heavy atom. The molecule has 0 aromatic carbocycles. The maximum Gasteiger partial charge on any atom is 0.0772 e. The van der Waals surface area contributed by atoms with Crippen LogP contribution < -0.4 is 5.32 Å². The molecule has 2 unspecified atom stereocenters. The van der Waals surface area contributed by atoms with Crippen molar-refractivity contribution in [3.8, 4) is 0 Å². The van der Waals surface area contributed by atoms with Gasteiger partial charge in [0.15, 0.2) is 0 Å². The first-order chi connectivity index (χ1) is 8.40. The number of ether oxygens (including phenoxy) is 1. The van der Waals surface area contributed by atoms with Gasteiger partial charge >= 0.3 is 0 Å². The Balaban J connectivity index is 2.64. The lowest BCUT2D eigenvalue weighted by Crippen LogP contribution is -2.46. The first kappa shape index (κ1) is 15.2. The molecule has 0 aliphatic rings. The molecule has 0 saturated heterocycles. The number of nitrogens with one attached hydrogen (secondary N) is 1. The minimum absolute atomic E-state index is 0.134. The molecule has 0 aliphatic heterocycles. The Morgan fingerprint density at radius 3 is 2.50 bits per heavy atom. The number of aryl methyl sites for hydroxylation is 2. The van der Waals surface area contributed by atoms with Gasteiger partial charge in [0.1, 0.15) is 0 Å². The van der Waals surface area contributed by atoms with Crippen LogP contribution in [0.4, 0.5) is 0 Å². The van der Waals surface area contributed by atoms with Crippen molar-refractivity contribution < 1.29 is 4.74 Å². The van der Waals surface area contributed by atoms with Crippen molar-refractivity contribution in [1.29, 1.82) is 0 Å². The Bertz CT molecular complexity index is 354. The summed E-state index contributed by atoms with van der Waals surface area (Å²) in [6, 6.07) is 2.43. The standard InChI is InChI=1S/C14H27N3O/c1-14(2,3)13(18-6)12(15-4)8-7-11-9-10-16-17(11)5/h9-10,12-13,15H,7-8H2,1-6H3. The quantitative estimate of drug-likeness (QED) is 0.843. The second kappa shape index (κ2) is 6.34. The lowest BCUT2D eigenvalue weighted by Gasteiger charge is -2.36. The van der Waals surface area contributed by atoms with E-state index in [1.807, 2.05) is 25.0 Å². The highest BCUT2D eigenvalue weighted by atomic mass is 16.5. The normalized spacial score (nSPS) is 15.7. The van der Waals surface area contributed by atoms with Gasteiger partial charge in [-0.3, -0.25) is 4.68 Å². The van der Waals surface area contributed by atoms with E-state index in [-0.39, 0.29) is 11.5 Å². The van der Waals surface area contributed by atoms with Crippen molar-refractivity contribution in [2.75, 3.05) is 14.2 Å². The van der Waals surface area contributed by atoms with Gasteiger partial charge in [-0.15, -0.1) is 0 Å². The molecule has 104 valence electrons. The van der Waals surface area contributed by atoms with Gasteiger partial charge in [0, 0.05) is 32.1 Å². The van der Waals surface area contributed by atoms with Crippen LogP contribution >= 0.6 is 0 Å². The van der Waals surface area contributed by atoms with Gasteiger partial charge in [-0.25, -0.2) is 0 Å². The Kier molecular flexibility index (Phi) is 5.35. The first-order valence-corrected chi connectivity index (χ1v) is 6.57. The van der Waals surface area contributed by atoms with Crippen LogP contribution in [0.25, 0.3) is 0 Å². The first-order valence-electron chi connectivity index (χ1n) is 6.57. The summed E-state index contributed by atoms with van der Waals surface area (Å²) in [6.45, 7) is 6.65. The maximum atomic E-state index is 5.68. The molecule has 0 radical (unpaired) electrons. The lowest BCUT2D eigenvalue weighted by atomic mass is 9.83. The largest absolute Gasteiger partial charge is 0.379 e. The molecule has 0 spiro atoms. The number of aromatic nitrogens is 2. The van der Waals surface area contributed by atoms with Gasteiger partial charge in [-0.1, -0.05) is 20.8 Å². The fourth-order valence-electron chi connectivity index (χ4n) is 2.52. The van der Waals surface area contributed by atoms with E-state index in [2.05, 4.69) is 37.3 Å². The summed E-state index contributed by atoms with van der Waals surface area (Å²) in [5, 5.41) is 7.59. The van der Waals surface area contributed by atoms with Gasteiger partial charge < -0.3 is 10.1 Å². The van der Waals surface area contributed by atoms with Crippen molar-refractivity contribution in [2.24, 2.45) is 12.5 Å². The maximum absolute atomic E-state index is 5.68. The van der Waals surface area contributed by atoms with E-state index >= 15 is 0 Å². The molecule has 0 bridgehead atoms. The molecule has 2 atom stereocenters. The van der Waals surface area contributed by atoms with Crippen LogP contribution in [0.5, 0.6) is 0 Å². The van der Waals surface area contributed by atoms with Gasteiger partial charge in [0.2, 0.25) is 0 Å². The summed E-state index contributed by atoms with van der Waals surface area (Å²) < 4.78 is 7.62. The van der Waals surface area contributed by atoms with Crippen LogP contribution in [0.3, 0.4) is 0 Å². The molecule has 0 saturated carbocycles. The van der Waals surface area contributed by atoms with Crippen LogP contribution in [0.1, 0.15) is 32.9 Å². The number of methoxy groups -OCH3 is 1. The summed E-state index contributed by atoms with van der Waals surface area (Å²) in [5.74, 6) is 0. The van der Waals surface area contributed by atoms with E-state index in [0.717, 1.165) is 12.8 Å². The number of likely N-dealkylation sites (N-methyl/N-ethyl adjacent to an activating group) is 1. The Morgan fingerprint density at radius 1 is 1.44 bits per heavy atom. The van der Waals surface area contributed by atoms with Gasteiger partial charge in [0.25, 0.3) is 0 Å². The molecule has 1 N–H and O–H groups in total. The van der Waals surface area contributed by atoms with Crippen molar-refractivity contribution in [2.45, 2.75) is 45.8 Å². The average Bonchev–Trinajstić information content (AvgIpc) is 2.68. The summed E-state index contributed by atoms with van der Waals surface area (Å²) in [6.07, 6.45) is 4.11. The summed E-state index contributed by atoms with van der Waals surface area (Å²) >= 11 is 0. The lowest BCUT2D eigenvalue weighted by molar-refractivity contribution is -0.0113. The third-order valence-electron chi connectivity index (χ3n) is 3.48. The number of nitrogens with zero attached hydrogens (tertiary/aromatic N) is 2. The zero-order valence-electron chi connectivity index (χ0n) is 12.5. The fourth-order valence-corrected chi connectivity index (χ4v) is 2.52. The third-order valence-corrected chi connectivity index (χ3v) is 3.48. The minimum Gasteiger partial charge on any atom is -0.379 e. The Hall–Kier alpha value is -0.870. The van der Waals surface area contributed by atoms with E-state index in [1.54, 1.807) is 7.11 Å². The molecule has 0 amide bonds. The molecule has 1 aromatic rings. The van der Waals surface area contributed by atoms with Crippen molar-refractivity contribution >= 4 is 0 Å². The SMILES string of the molecule is CNC(CCc1ccnn1C)C(OC)C(C)(C)C. The summed E-state index contributed by atoms with van der Waals surface area (Å²) in [5.41, 5.74) is 1.40. The van der Waals surface area contributed by atoms with Crippen molar-refractivity contribution in [3.63, 3.8) is 0 Å².